The van der Waals surface area contributed by atoms with Crippen molar-refractivity contribution < 1.29 is 14.3 Å². The van der Waals surface area contributed by atoms with E-state index in [2.05, 4.69) is 6.92 Å². The third-order valence-electron chi connectivity index (χ3n) is 3.64. The van der Waals surface area contributed by atoms with Crippen molar-refractivity contribution in [3.63, 3.8) is 0 Å². The zero-order chi connectivity index (χ0) is 12.9. The van der Waals surface area contributed by atoms with Gasteiger partial charge < -0.3 is 9.64 Å². The third kappa shape index (κ3) is 2.79. The lowest BCUT2D eigenvalue weighted by molar-refractivity contribution is -0.169. The summed E-state index contributed by atoms with van der Waals surface area (Å²) in [6, 6.07) is 0. The molecule has 0 N–H and O–H groups in total. The molecule has 0 atom stereocenters. The maximum Gasteiger partial charge on any atom is 0.321 e. The van der Waals surface area contributed by atoms with Crippen molar-refractivity contribution in [3.8, 4) is 0 Å². The molecule has 1 fully saturated rings. The predicted octanol–water partition coefficient (Wildman–Crippen LogP) is 1.98. The van der Waals surface area contributed by atoms with Crippen LogP contribution in [0.15, 0.2) is 0 Å². The molecule has 0 bridgehead atoms. The first-order valence-electron chi connectivity index (χ1n) is 6.42. The molecular formula is C13H23NO3. The fourth-order valence-corrected chi connectivity index (χ4v) is 2.30. The lowest BCUT2D eigenvalue weighted by Gasteiger charge is -2.39. The minimum atomic E-state index is -0.865. The Morgan fingerprint density at radius 3 is 2.35 bits per heavy atom. The van der Waals surface area contributed by atoms with Gasteiger partial charge >= 0.3 is 5.97 Å². The van der Waals surface area contributed by atoms with Crippen molar-refractivity contribution in [2.45, 2.75) is 45.4 Å². The van der Waals surface area contributed by atoms with Gasteiger partial charge in [-0.3, -0.25) is 9.59 Å². The van der Waals surface area contributed by atoms with Gasteiger partial charge in [-0.1, -0.05) is 26.2 Å². The molecule has 1 aliphatic carbocycles. The van der Waals surface area contributed by atoms with E-state index in [0.717, 1.165) is 32.2 Å². The van der Waals surface area contributed by atoms with Gasteiger partial charge in [0.25, 0.3) is 0 Å². The molecule has 17 heavy (non-hydrogen) atoms. The van der Waals surface area contributed by atoms with Crippen LogP contribution in [0.1, 0.15) is 45.4 Å². The first-order valence-corrected chi connectivity index (χ1v) is 6.42. The highest BCUT2D eigenvalue weighted by Crippen LogP contribution is 2.43. The highest BCUT2D eigenvalue weighted by molar-refractivity contribution is 6.03. The molecule has 0 spiro atoms. The van der Waals surface area contributed by atoms with Crippen molar-refractivity contribution >= 4 is 11.9 Å². The SMILES string of the molecule is CCCCCN(C)C(=O)C1(C(=O)OC)CCC1. The first-order chi connectivity index (χ1) is 8.08. The van der Waals surface area contributed by atoms with E-state index in [1.807, 2.05) is 0 Å². The van der Waals surface area contributed by atoms with E-state index in [-0.39, 0.29) is 11.9 Å². The number of rotatable bonds is 6. The van der Waals surface area contributed by atoms with Gasteiger partial charge in [-0.05, 0) is 19.3 Å². The zero-order valence-electron chi connectivity index (χ0n) is 11.1. The van der Waals surface area contributed by atoms with Crippen LogP contribution < -0.4 is 0 Å². The average Bonchev–Trinajstić information content (AvgIpc) is 2.27. The number of carbonyl (C=O) groups excluding carboxylic acids is 2. The lowest BCUT2D eigenvalue weighted by Crippen LogP contribution is -2.52. The summed E-state index contributed by atoms with van der Waals surface area (Å²) in [5, 5.41) is 0. The quantitative estimate of drug-likeness (QED) is 0.406. The summed E-state index contributed by atoms with van der Waals surface area (Å²) in [5.41, 5.74) is -0.865. The standard InChI is InChI=1S/C13H23NO3/c1-4-5-6-10-14(2)11(15)13(8-7-9-13)12(16)17-3/h4-10H2,1-3H3. The number of unbranched alkanes of at least 4 members (excludes halogenated alkanes) is 2. The Hall–Kier alpha value is -1.06. The van der Waals surface area contributed by atoms with Crippen LogP contribution in [0.5, 0.6) is 0 Å². The van der Waals surface area contributed by atoms with Crippen LogP contribution in [0, 0.1) is 5.41 Å². The van der Waals surface area contributed by atoms with E-state index in [9.17, 15) is 9.59 Å². The van der Waals surface area contributed by atoms with E-state index < -0.39 is 5.41 Å². The Balaban J connectivity index is 2.57. The molecule has 98 valence electrons. The number of methoxy groups -OCH3 is 1. The molecular weight excluding hydrogens is 218 g/mol. The Labute approximate surface area is 103 Å². The average molecular weight is 241 g/mol. The topological polar surface area (TPSA) is 46.6 Å². The second-order valence-corrected chi connectivity index (χ2v) is 4.86. The molecule has 0 aromatic carbocycles. The summed E-state index contributed by atoms with van der Waals surface area (Å²) < 4.78 is 4.77. The third-order valence-corrected chi connectivity index (χ3v) is 3.64. The number of esters is 1. The van der Waals surface area contributed by atoms with Gasteiger partial charge in [-0.25, -0.2) is 0 Å². The maximum atomic E-state index is 12.3. The summed E-state index contributed by atoms with van der Waals surface area (Å²) in [4.78, 5) is 25.7. The molecule has 1 aliphatic rings. The number of hydrogen-bond acceptors (Lipinski definition) is 3. The monoisotopic (exact) mass is 241 g/mol. The molecule has 0 heterocycles. The molecule has 1 rings (SSSR count). The summed E-state index contributed by atoms with van der Waals surface area (Å²) in [5.74, 6) is -0.428. The minimum Gasteiger partial charge on any atom is -0.468 e. The summed E-state index contributed by atoms with van der Waals surface area (Å²) in [6.45, 7) is 2.86. The fourth-order valence-electron chi connectivity index (χ4n) is 2.30. The highest BCUT2D eigenvalue weighted by Gasteiger charge is 2.52. The van der Waals surface area contributed by atoms with Gasteiger partial charge in [-0.2, -0.15) is 0 Å². The zero-order valence-corrected chi connectivity index (χ0v) is 11.1. The summed E-state index contributed by atoms with van der Waals surface area (Å²) in [6.07, 6.45) is 5.44. The Bertz CT molecular complexity index is 284. The van der Waals surface area contributed by atoms with Gasteiger partial charge in [0.2, 0.25) is 5.91 Å². The second kappa shape index (κ2) is 6.03. The van der Waals surface area contributed by atoms with Crippen LogP contribution in [-0.4, -0.2) is 37.5 Å². The molecule has 0 aliphatic heterocycles. The van der Waals surface area contributed by atoms with Crippen LogP contribution >= 0.6 is 0 Å². The summed E-state index contributed by atoms with van der Waals surface area (Å²) in [7, 11) is 3.13. The highest BCUT2D eigenvalue weighted by atomic mass is 16.5. The number of ether oxygens (including phenoxy) is 1. The number of carbonyl (C=O) groups is 2. The van der Waals surface area contributed by atoms with Crippen molar-refractivity contribution in [1.29, 1.82) is 0 Å². The van der Waals surface area contributed by atoms with E-state index in [4.69, 9.17) is 4.74 Å². The van der Waals surface area contributed by atoms with Crippen LogP contribution in [0.25, 0.3) is 0 Å². The van der Waals surface area contributed by atoms with Crippen molar-refractivity contribution in [2.24, 2.45) is 5.41 Å². The Kier molecular flexibility index (Phi) is 4.97. The predicted molar refractivity (Wildman–Crippen MR) is 65.5 cm³/mol. The lowest BCUT2D eigenvalue weighted by atomic mass is 9.67. The number of nitrogens with zero attached hydrogens (tertiary/aromatic N) is 1. The molecule has 0 unspecified atom stereocenters. The van der Waals surface area contributed by atoms with Gasteiger partial charge in [0.05, 0.1) is 7.11 Å². The molecule has 0 saturated heterocycles. The molecule has 0 aromatic heterocycles. The fraction of sp³-hybridized carbons (Fsp3) is 0.846. The minimum absolute atomic E-state index is 0.0632. The van der Waals surface area contributed by atoms with Crippen molar-refractivity contribution in [3.05, 3.63) is 0 Å². The van der Waals surface area contributed by atoms with Crippen LogP contribution in [0.2, 0.25) is 0 Å². The Morgan fingerprint density at radius 1 is 1.29 bits per heavy atom. The van der Waals surface area contributed by atoms with Crippen molar-refractivity contribution in [2.75, 3.05) is 20.7 Å². The van der Waals surface area contributed by atoms with Crippen LogP contribution in [-0.2, 0) is 14.3 Å². The molecule has 0 aromatic rings. The number of amides is 1. The van der Waals surface area contributed by atoms with Crippen LogP contribution in [0.4, 0.5) is 0 Å². The summed E-state index contributed by atoms with van der Waals surface area (Å²) >= 11 is 0. The first kappa shape index (κ1) is 14.0. The largest absolute Gasteiger partial charge is 0.468 e. The van der Waals surface area contributed by atoms with Gasteiger partial charge in [0, 0.05) is 13.6 Å². The van der Waals surface area contributed by atoms with Crippen molar-refractivity contribution in [1.82, 2.24) is 4.90 Å². The smallest absolute Gasteiger partial charge is 0.321 e. The van der Waals surface area contributed by atoms with Gasteiger partial charge in [0.15, 0.2) is 0 Å². The molecule has 0 radical (unpaired) electrons. The molecule has 1 amide bonds. The second-order valence-electron chi connectivity index (χ2n) is 4.86. The van der Waals surface area contributed by atoms with E-state index in [1.165, 1.54) is 7.11 Å². The van der Waals surface area contributed by atoms with Gasteiger partial charge in [0.1, 0.15) is 5.41 Å². The normalized spacial score (nSPS) is 17.1. The number of hydrogen-bond donors (Lipinski definition) is 0. The van der Waals surface area contributed by atoms with E-state index >= 15 is 0 Å². The molecule has 1 saturated carbocycles. The van der Waals surface area contributed by atoms with Crippen LogP contribution in [0.3, 0.4) is 0 Å². The van der Waals surface area contributed by atoms with E-state index in [0.29, 0.717) is 12.8 Å². The maximum absolute atomic E-state index is 12.3. The molecule has 4 heteroatoms. The molecule has 4 nitrogen and oxygen atoms in total. The Morgan fingerprint density at radius 2 is 1.94 bits per heavy atom. The van der Waals surface area contributed by atoms with E-state index in [1.54, 1.807) is 11.9 Å². The van der Waals surface area contributed by atoms with Gasteiger partial charge in [-0.15, -0.1) is 0 Å².